The third kappa shape index (κ3) is 4.00. The molecule has 0 radical (unpaired) electrons. The first-order chi connectivity index (χ1) is 8.06. The highest BCUT2D eigenvalue weighted by atomic mass is 32.2. The highest BCUT2D eigenvalue weighted by Crippen LogP contribution is 2.10. The Morgan fingerprint density at radius 1 is 1.59 bits per heavy atom. The molecule has 5 heteroatoms. The van der Waals surface area contributed by atoms with Crippen molar-refractivity contribution in [3.8, 4) is 0 Å². The molecule has 94 valence electrons. The minimum absolute atomic E-state index is 0.123. The first kappa shape index (κ1) is 14.0. The number of pyridine rings is 1. The van der Waals surface area contributed by atoms with E-state index in [0.717, 1.165) is 11.5 Å². The number of aromatic nitrogens is 1. The van der Waals surface area contributed by atoms with E-state index < -0.39 is 5.95 Å². The number of nitrogens with zero attached hydrogens (tertiary/aromatic N) is 2. The average Bonchev–Trinajstić information content (AvgIpc) is 2.35. The third-order valence-electron chi connectivity index (χ3n) is 2.52. The molecule has 0 saturated carbocycles. The molecule has 0 saturated heterocycles. The minimum Gasteiger partial charge on any atom is -0.338 e. The van der Waals surface area contributed by atoms with E-state index >= 15 is 0 Å². The Hall–Kier alpha value is -1.10. The molecule has 0 aliphatic heterocycles. The SMILES string of the molecule is CCSC[C@H](C)N(C)C(=O)c1ccc(F)nc1. The van der Waals surface area contributed by atoms with Crippen molar-refractivity contribution in [2.75, 3.05) is 18.6 Å². The van der Waals surface area contributed by atoms with Crippen LogP contribution in [0.3, 0.4) is 0 Å². The Labute approximate surface area is 105 Å². The molecule has 0 aliphatic rings. The molecule has 0 spiro atoms. The van der Waals surface area contributed by atoms with Gasteiger partial charge in [0.2, 0.25) is 5.95 Å². The Morgan fingerprint density at radius 3 is 2.82 bits per heavy atom. The molecule has 0 aliphatic carbocycles. The zero-order valence-corrected chi connectivity index (χ0v) is 11.1. The van der Waals surface area contributed by atoms with Crippen LogP contribution in [-0.4, -0.2) is 40.4 Å². The first-order valence-corrected chi connectivity index (χ1v) is 6.68. The Morgan fingerprint density at radius 2 is 2.29 bits per heavy atom. The lowest BCUT2D eigenvalue weighted by molar-refractivity contribution is 0.0757. The maximum atomic E-state index is 12.6. The molecule has 0 fully saturated rings. The van der Waals surface area contributed by atoms with E-state index in [1.807, 2.05) is 6.92 Å². The number of amides is 1. The van der Waals surface area contributed by atoms with E-state index in [1.54, 1.807) is 23.7 Å². The van der Waals surface area contributed by atoms with Gasteiger partial charge < -0.3 is 4.90 Å². The van der Waals surface area contributed by atoms with Crippen molar-refractivity contribution in [2.24, 2.45) is 0 Å². The van der Waals surface area contributed by atoms with Crippen molar-refractivity contribution in [1.82, 2.24) is 9.88 Å². The van der Waals surface area contributed by atoms with Crippen LogP contribution >= 0.6 is 11.8 Å². The first-order valence-electron chi connectivity index (χ1n) is 5.52. The van der Waals surface area contributed by atoms with Crippen molar-refractivity contribution >= 4 is 17.7 Å². The van der Waals surface area contributed by atoms with Gasteiger partial charge in [0, 0.05) is 25.0 Å². The van der Waals surface area contributed by atoms with Gasteiger partial charge in [0.05, 0.1) is 5.56 Å². The van der Waals surface area contributed by atoms with Gasteiger partial charge in [-0.3, -0.25) is 4.79 Å². The molecule has 0 N–H and O–H groups in total. The molecule has 1 amide bonds. The van der Waals surface area contributed by atoms with E-state index in [0.29, 0.717) is 5.56 Å². The molecule has 1 rings (SSSR count). The molecular formula is C12H17FN2OS. The van der Waals surface area contributed by atoms with Gasteiger partial charge >= 0.3 is 0 Å². The Kier molecular flexibility index (Phi) is 5.41. The van der Waals surface area contributed by atoms with Crippen LogP contribution in [-0.2, 0) is 0 Å². The van der Waals surface area contributed by atoms with Gasteiger partial charge in [0.15, 0.2) is 0 Å². The second-order valence-electron chi connectivity index (χ2n) is 3.79. The van der Waals surface area contributed by atoms with Gasteiger partial charge in [-0.15, -0.1) is 0 Å². The fraction of sp³-hybridized carbons (Fsp3) is 0.500. The van der Waals surface area contributed by atoms with E-state index in [2.05, 4.69) is 11.9 Å². The largest absolute Gasteiger partial charge is 0.338 e. The minimum atomic E-state index is -0.571. The van der Waals surface area contributed by atoms with Crippen LogP contribution in [0.5, 0.6) is 0 Å². The zero-order valence-electron chi connectivity index (χ0n) is 10.3. The topological polar surface area (TPSA) is 33.2 Å². The number of rotatable bonds is 5. The molecule has 1 atom stereocenters. The maximum Gasteiger partial charge on any atom is 0.255 e. The summed E-state index contributed by atoms with van der Waals surface area (Å²) in [6, 6.07) is 2.81. The van der Waals surface area contributed by atoms with Crippen molar-refractivity contribution in [3.63, 3.8) is 0 Å². The molecule has 0 aromatic carbocycles. The maximum absolute atomic E-state index is 12.6. The number of carbonyl (C=O) groups excluding carboxylic acids is 1. The van der Waals surface area contributed by atoms with Crippen LogP contribution in [0.1, 0.15) is 24.2 Å². The number of hydrogen-bond donors (Lipinski definition) is 0. The highest BCUT2D eigenvalue weighted by molar-refractivity contribution is 7.99. The smallest absolute Gasteiger partial charge is 0.255 e. The summed E-state index contributed by atoms with van der Waals surface area (Å²) in [5.74, 6) is 1.23. The summed E-state index contributed by atoms with van der Waals surface area (Å²) in [6.45, 7) is 4.08. The van der Waals surface area contributed by atoms with Crippen molar-refractivity contribution in [3.05, 3.63) is 29.8 Å². The van der Waals surface area contributed by atoms with Gasteiger partial charge in [-0.05, 0) is 24.8 Å². The number of carbonyl (C=O) groups is 1. The zero-order chi connectivity index (χ0) is 12.8. The molecule has 1 aromatic rings. The fourth-order valence-electron chi connectivity index (χ4n) is 1.31. The van der Waals surface area contributed by atoms with Gasteiger partial charge in [-0.25, -0.2) is 4.98 Å². The van der Waals surface area contributed by atoms with E-state index in [4.69, 9.17) is 0 Å². The van der Waals surface area contributed by atoms with Crippen LogP contribution < -0.4 is 0 Å². The van der Waals surface area contributed by atoms with Crippen molar-refractivity contribution < 1.29 is 9.18 Å². The second-order valence-corrected chi connectivity index (χ2v) is 5.11. The van der Waals surface area contributed by atoms with Gasteiger partial charge in [0.25, 0.3) is 5.91 Å². The molecule has 0 bridgehead atoms. The molecule has 1 heterocycles. The molecule has 1 aromatic heterocycles. The van der Waals surface area contributed by atoms with Gasteiger partial charge in [-0.2, -0.15) is 16.2 Å². The number of thioether (sulfide) groups is 1. The summed E-state index contributed by atoms with van der Waals surface area (Å²) >= 11 is 1.79. The molecule has 3 nitrogen and oxygen atoms in total. The van der Waals surface area contributed by atoms with Gasteiger partial charge in [-0.1, -0.05) is 6.92 Å². The van der Waals surface area contributed by atoms with Crippen LogP contribution in [0.4, 0.5) is 4.39 Å². The summed E-state index contributed by atoms with van der Waals surface area (Å²) in [7, 11) is 1.76. The van der Waals surface area contributed by atoms with Crippen molar-refractivity contribution in [1.29, 1.82) is 0 Å². The summed E-state index contributed by atoms with van der Waals surface area (Å²) in [6.07, 6.45) is 1.27. The second kappa shape index (κ2) is 6.59. The lowest BCUT2D eigenvalue weighted by atomic mass is 10.2. The van der Waals surface area contributed by atoms with Crippen LogP contribution in [0, 0.1) is 5.95 Å². The lowest BCUT2D eigenvalue weighted by Crippen LogP contribution is -2.36. The fourth-order valence-corrected chi connectivity index (χ4v) is 2.11. The summed E-state index contributed by atoms with van der Waals surface area (Å²) in [4.78, 5) is 17.2. The van der Waals surface area contributed by atoms with E-state index in [1.165, 1.54) is 18.3 Å². The molecule has 17 heavy (non-hydrogen) atoms. The Bertz CT molecular complexity index is 369. The summed E-state index contributed by atoms with van der Waals surface area (Å²) in [5.41, 5.74) is 0.419. The van der Waals surface area contributed by atoms with Crippen LogP contribution in [0.25, 0.3) is 0 Å². The predicted molar refractivity (Wildman–Crippen MR) is 68.7 cm³/mol. The third-order valence-corrected chi connectivity index (χ3v) is 3.65. The summed E-state index contributed by atoms with van der Waals surface area (Å²) < 4.78 is 12.6. The van der Waals surface area contributed by atoms with E-state index in [9.17, 15) is 9.18 Å². The normalized spacial score (nSPS) is 12.2. The average molecular weight is 256 g/mol. The number of halogens is 1. The van der Waals surface area contributed by atoms with Crippen molar-refractivity contribution in [2.45, 2.75) is 19.9 Å². The quantitative estimate of drug-likeness (QED) is 0.759. The lowest BCUT2D eigenvalue weighted by Gasteiger charge is -2.24. The molecule has 0 unspecified atom stereocenters. The summed E-state index contributed by atoms with van der Waals surface area (Å²) in [5, 5.41) is 0. The number of hydrogen-bond acceptors (Lipinski definition) is 3. The predicted octanol–water partition coefficient (Wildman–Crippen LogP) is 2.43. The van der Waals surface area contributed by atoms with Crippen LogP contribution in [0.15, 0.2) is 18.3 Å². The van der Waals surface area contributed by atoms with E-state index in [-0.39, 0.29) is 11.9 Å². The molecular weight excluding hydrogens is 239 g/mol. The Balaban J connectivity index is 2.65. The monoisotopic (exact) mass is 256 g/mol. The van der Waals surface area contributed by atoms with Crippen LogP contribution in [0.2, 0.25) is 0 Å². The standard InChI is InChI=1S/C12H17FN2OS/c1-4-17-8-9(2)15(3)12(16)10-5-6-11(13)14-7-10/h5-7,9H,4,8H2,1-3H3/t9-/m0/s1. The van der Waals surface area contributed by atoms with Gasteiger partial charge in [0.1, 0.15) is 0 Å². The highest BCUT2D eigenvalue weighted by Gasteiger charge is 2.17.